The molecule has 43 heavy (non-hydrogen) atoms. The van der Waals surface area contributed by atoms with Crippen LogP contribution in [0.5, 0.6) is 0 Å². The van der Waals surface area contributed by atoms with Gasteiger partial charge in [-0.1, -0.05) is 33.1 Å². The Morgan fingerprint density at radius 3 is 2.53 bits per heavy atom. The second-order valence-corrected chi connectivity index (χ2v) is 10.8. The van der Waals surface area contributed by atoms with E-state index in [4.69, 9.17) is 9.83 Å². The number of piperazine rings is 1. The number of amides is 1. The van der Waals surface area contributed by atoms with Gasteiger partial charge < -0.3 is 19.6 Å². The first-order valence-corrected chi connectivity index (χ1v) is 13.9. The molecule has 1 aromatic carbocycles. The van der Waals surface area contributed by atoms with Gasteiger partial charge in [-0.15, -0.1) is 0 Å². The van der Waals surface area contributed by atoms with Crippen molar-refractivity contribution in [2.75, 3.05) is 24.5 Å². The highest BCUT2D eigenvalue weighted by Crippen LogP contribution is 2.36. The van der Waals surface area contributed by atoms with Gasteiger partial charge in [-0.25, -0.2) is 23.1 Å². The number of pyridine rings is 1. The van der Waals surface area contributed by atoms with Gasteiger partial charge in [0.25, 0.3) is 0 Å². The second-order valence-electron chi connectivity index (χ2n) is 10.8. The van der Waals surface area contributed by atoms with E-state index >= 15 is 8.78 Å². The van der Waals surface area contributed by atoms with Crippen molar-refractivity contribution < 1.29 is 18.0 Å². The lowest BCUT2D eigenvalue weighted by molar-refractivity contribution is -0.126. The molecule has 5 rings (SSSR count). The molecule has 4 aromatic rings. The Bertz CT molecular complexity index is 1900. The molecule has 1 saturated heterocycles. The fourth-order valence-corrected chi connectivity index (χ4v) is 5.41. The van der Waals surface area contributed by atoms with Crippen molar-refractivity contribution in [2.45, 2.75) is 33.7 Å². The zero-order chi connectivity index (χ0) is 31.2. The summed E-state index contributed by atoms with van der Waals surface area (Å²) in [5.74, 6) is -1.93. The maximum atomic E-state index is 16.1. The molecule has 9 nitrogen and oxygen atoms in total. The summed E-state index contributed by atoms with van der Waals surface area (Å²) in [5, 5.41) is 9.60. The van der Waals surface area contributed by atoms with E-state index in [9.17, 15) is 9.59 Å². The van der Waals surface area contributed by atoms with Crippen LogP contribution in [-0.2, 0) is 4.79 Å². The van der Waals surface area contributed by atoms with Gasteiger partial charge in [0.05, 0.1) is 28.6 Å². The number of fused-ring (bicyclic) bond motifs is 2. The van der Waals surface area contributed by atoms with Crippen molar-refractivity contribution in [2.24, 2.45) is 5.92 Å². The van der Waals surface area contributed by atoms with E-state index in [-0.39, 0.29) is 63.0 Å². The standard InChI is InChI=1S/C32H32F2N6O3/c1-7-18(5)28(26(35)17(3)4)40-31-21(30(37-32(40)42)39-13-12-38(16-19(39)6)24(41)8-2)15-23(34)27(36-31)25-22(33)10-9-20-11-14-43-29(20)25/h7-11,14-15,17,19,35H,1-2,12-13,16H2,3-6H3/b28-18+,35-26?/t19-/m0/s1. The van der Waals surface area contributed by atoms with Gasteiger partial charge >= 0.3 is 5.69 Å². The smallest absolute Gasteiger partial charge is 0.355 e. The molecule has 11 heteroatoms. The van der Waals surface area contributed by atoms with Crippen LogP contribution in [-0.4, -0.2) is 56.7 Å². The lowest BCUT2D eigenvalue weighted by Gasteiger charge is -2.40. The van der Waals surface area contributed by atoms with Gasteiger partial charge in [0.1, 0.15) is 22.9 Å². The average molecular weight is 587 g/mol. The minimum Gasteiger partial charge on any atom is -0.464 e. The Morgan fingerprint density at radius 1 is 1.14 bits per heavy atom. The molecule has 1 aliphatic rings. The van der Waals surface area contributed by atoms with E-state index in [0.29, 0.717) is 30.6 Å². The van der Waals surface area contributed by atoms with E-state index in [0.717, 1.165) is 0 Å². The number of furan rings is 1. The van der Waals surface area contributed by atoms with Crippen LogP contribution in [0.4, 0.5) is 14.6 Å². The summed E-state index contributed by atoms with van der Waals surface area (Å²) < 4.78 is 38.1. The lowest BCUT2D eigenvalue weighted by Crippen LogP contribution is -2.54. The lowest BCUT2D eigenvalue weighted by atomic mass is 10.0. The van der Waals surface area contributed by atoms with Crippen LogP contribution in [0.3, 0.4) is 0 Å². The minimum absolute atomic E-state index is 0.00671. The first-order valence-electron chi connectivity index (χ1n) is 13.9. The average Bonchev–Trinajstić information content (AvgIpc) is 3.46. The molecule has 0 bridgehead atoms. The van der Waals surface area contributed by atoms with E-state index in [1.807, 2.05) is 25.7 Å². The van der Waals surface area contributed by atoms with Crippen molar-refractivity contribution in [3.8, 4) is 11.3 Å². The third kappa shape index (κ3) is 5.04. The van der Waals surface area contributed by atoms with Gasteiger partial charge in [-0.05, 0) is 55.7 Å². The van der Waals surface area contributed by atoms with E-state index < -0.39 is 17.3 Å². The summed E-state index contributed by atoms with van der Waals surface area (Å²) >= 11 is 0. The summed E-state index contributed by atoms with van der Waals surface area (Å²) in [6.07, 6.45) is 4.14. The van der Waals surface area contributed by atoms with Crippen molar-refractivity contribution in [3.63, 3.8) is 0 Å². The fourth-order valence-electron chi connectivity index (χ4n) is 5.41. The summed E-state index contributed by atoms with van der Waals surface area (Å²) in [6, 6.07) is 5.25. The SMILES string of the molecule is C=CC(=O)N1CCN(c2nc(=O)n(/C(C(=N)C(C)C)=C(\C)C=C)c3nc(-c4c(F)ccc5ccoc45)c(F)cc23)[C@@H](C)C1. The van der Waals surface area contributed by atoms with Crippen molar-refractivity contribution in [1.82, 2.24) is 19.4 Å². The van der Waals surface area contributed by atoms with Gasteiger partial charge in [-0.2, -0.15) is 4.98 Å². The molecular weight excluding hydrogens is 554 g/mol. The van der Waals surface area contributed by atoms with Crippen LogP contribution in [0.2, 0.25) is 0 Å². The number of carbonyl (C=O) groups is 1. The van der Waals surface area contributed by atoms with Crippen LogP contribution in [0.15, 0.2) is 70.6 Å². The zero-order valence-electron chi connectivity index (χ0n) is 24.4. The number of nitrogens with one attached hydrogen (secondary N) is 1. The molecule has 1 amide bonds. The quantitative estimate of drug-likeness (QED) is 0.167. The summed E-state index contributed by atoms with van der Waals surface area (Å²) in [4.78, 5) is 38.6. The third-order valence-corrected chi connectivity index (χ3v) is 7.73. The normalized spacial score (nSPS) is 16.1. The van der Waals surface area contributed by atoms with Gasteiger partial charge in [0, 0.05) is 31.1 Å². The van der Waals surface area contributed by atoms with Crippen molar-refractivity contribution in [1.29, 1.82) is 5.41 Å². The maximum absolute atomic E-state index is 16.1. The van der Waals surface area contributed by atoms with E-state index in [2.05, 4.69) is 23.1 Å². The number of halogens is 2. The molecule has 0 saturated carbocycles. The van der Waals surface area contributed by atoms with Gasteiger partial charge in [0.15, 0.2) is 11.5 Å². The van der Waals surface area contributed by atoms with Crippen LogP contribution in [0.1, 0.15) is 27.7 Å². The molecule has 1 N–H and O–H groups in total. The molecule has 0 aliphatic carbocycles. The van der Waals surface area contributed by atoms with Crippen molar-refractivity contribution in [3.05, 3.63) is 83.5 Å². The summed E-state index contributed by atoms with van der Waals surface area (Å²) in [6.45, 7) is 15.6. The van der Waals surface area contributed by atoms with Crippen molar-refractivity contribution >= 4 is 45.1 Å². The van der Waals surface area contributed by atoms with Gasteiger partial charge in [-0.3, -0.25) is 4.79 Å². The first kappa shape index (κ1) is 29.6. The summed E-state index contributed by atoms with van der Waals surface area (Å²) in [7, 11) is 0. The molecule has 1 fully saturated rings. The number of aromatic nitrogens is 3. The number of hydrogen-bond acceptors (Lipinski definition) is 7. The van der Waals surface area contributed by atoms with Crippen LogP contribution in [0, 0.1) is 23.0 Å². The Morgan fingerprint density at radius 2 is 1.88 bits per heavy atom. The number of rotatable bonds is 7. The second kappa shape index (κ2) is 11.4. The Balaban J connectivity index is 1.85. The molecule has 222 valence electrons. The minimum atomic E-state index is -0.846. The van der Waals surface area contributed by atoms with Crippen LogP contribution >= 0.6 is 0 Å². The van der Waals surface area contributed by atoms with E-state index in [1.54, 1.807) is 17.9 Å². The monoisotopic (exact) mass is 586 g/mol. The molecule has 4 heterocycles. The number of allylic oxidation sites excluding steroid dienone is 3. The van der Waals surface area contributed by atoms with E-state index in [1.165, 1.54) is 41.2 Å². The molecule has 1 aliphatic heterocycles. The molecule has 3 aromatic heterocycles. The molecule has 0 unspecified atom stereocenters. The number of nitrogens with zero attached hydrogens (tertiary/aromatic N) is 5. The number of carbonyl (C=O) groups excluding carboxylic acids is 1. The largest absolute Gasteiger partial charge is 0.464 e. The number of anilines is 1. The predicted octanol–water partition coefficient (Wildman–Crippen LogP) is 5.80. The van der Waals surface area contributed by atoms with Crippen LogP contribution < -0.4 is 10.6 Å². The topological polar surface area (TPSA) is 108 Å². The highest BCUT2D eigenvalue weighted by molar-refractivity contribution is 6.20. The molecule has 0 radical (unpaired) electrons. The zero-order valence-corrected chi connectivity index (χ0v) is 24.4. The highest BCUT2D eigenvalue weighted by Gasteiger charge is 2.31. The first-order chi connectivity index (χ1) is 20.5. The number of benzene rings is 1. The molecular formula is C32H32F2N6O3. The molecule has 1 atom stereocenters. The van der Waals surface area contributed by atoms with Crippen LogP contribution in [0.25, 0.3) is 39.0 Å². The third-order valence-electron chi connectivity index (χ3n) is 7.73. The Hall–Kier alpha value is -4.93. The Labute approximate surface area is 247 Å². The highest BCUT2D eigenvalue weighted by atomic mass is 19.1. The summed E-state index contributed by atoms with van der Waals surface area (Å²) in [5.41, 5.74) is -0.351. The van der Waals surface area contributed by atoms with Gasteiger partial charge in [0.2, 0.25) is 5.91 Å². The predicted molar refractivity (Wildman–Crippen MR) is 164 cm³/mol. The Kier molecular flexibility index (Phi) is 7.83. The fraction of sp³-hybridized carbons (Fsp3) is 0.281. The molecule has 0 spiro atoms. The number of hydrogen-bond donors (Lipinski definition) is 1. The maximum Gasteiger partial charge on any atom is 0.355 e.